The highest BCUT2D eigenvalue weighted by Crippen LogP contribution is 2.34. The molecule has 2 aromatic rings. The van der Waals surface area contributed by atoms with Crippen molar-refractivity contribution in [1.82, 2.24) is 15.6 Å². The van der Waals surface area contributed by atoms with Gasteiger partial charge in [-0.05, 0) is 113 Å². The lowest BCUT2D eigenvalue weighted by molar-refractivity contribution is 0.0692. The van der Waals surface area contributed by atoms with Gasteiger partial charge in [-0.25, -0.2) is 4.98 Å². The Morgan fingerprint density at radius 2 is 1.54 bits per heavy atom. The molecule has 41 heavy (non-hydrogen) atoms. The summed E-state index contributed by atoms with van der Waals surface area (Å²) in [5.41, 5.74) is 4.68. The zero-order valence-corrected chi connectivity index (χ0v) is 27.7. The molecule has 4 rings (SSSR count). The predicted octanol–water partition coefficient (Wildman–Crippen LogP) is 7.67. The first kappa shape index (κ1) is 31.8. The van der Waals surface area contributed by atoms with Gasteiger partial charge in [-0.1, -0.05) is 46.8 Å². The topological polar surface area (TPSA) is 49.4 Å². The van der Waals surface area contributed by atoms with Gasteiger partial charge in [-0.15, -0.1) is 0 Å². The van der Waals surface area contributed by atoms with Gasteiger partial charge in [-0.2, -0.15) is 0 Å². The maximum absolute atomic E-state index is 6.27. The summed E-state index contributed by atoms with van der Waals surface area (Å²) in [5, 5.41) is 7.68. The SMILES string of the molecule is CC(C)(C)Cc1ccc(N2CCC(NC(C)(C)CCC(C)(C)c3ccnc(OC4CC(NC(C)(C)C)C4)c3)C2)cc1. The molecule has 5 nitrogen and oxygen atoms in total. The fourth-order valence-corrected chi connectivity index (χ4v) is 6.40. The van der Waals surface area contributed by atoms with Crippen molar-refractivity contribution in [3.05, 3.63) is 53.7 Å². The fourth-order valence-electron chi connectivity index (χ4n) is 6.40. The third-order valence-electron chi connectivity index (χ3n) is 8.73. The molecule has 0 radical (unpaired) electrons. The molecule has 1 aromatic carbocycles. The molecule has 1 saturated carbocycles. The van der Waals surface area contributed by atoms with E-state index in [0.717, 1.165) is 51.1 Å². The third-order valence-corrected chi connectivity index (χ3v) is 8.73. The molecule has 1 saturated heterocycles. The number of ether oxygens (including phenoxy) is 1. The van der Waals surface area contributed by atoms with Crippen LogP contribution in [0.3, 0.4) is 0 Å². The highest BCUT2D eigenvalue weighted by Gasteiger charge is 2.34. The summed E-state index contributed by atoms with van der Waals surface area (Å²) < 4.78 is 6.27. The van der Waals surface area contributed by atoms with Gasteiger partial charge in [0.1, 0.15) is 6.10 Å². The van der Waals surface area contributed by atoms with Gasteiger partial charge in [0, 0.05) is 54.2 Å². The van der Waals surface area contributed by atoms with Gasteiger partial charge in [0.15, 0.2) is 0 Å². The number of hydrogen-bond acceptors (Lipinski definition) is 5. The Labute approximate surface area is 251 Å². The van der Waals surface area contributed by atoms with Crippen LogP contribution < -0.4 is 20.3 Å². The lowest BCUT2D eigenvalue weighted by Gasteiger charge is -2.40. The standard InChI is InChI=1S/C36H58N4O/c1-33(2,3)24-26-11-13-30(14-12-26)40-20-16-28(25-40)39-36(9,10)18-17-35(7,8)27-15-19-37-32(21-27)41-31-22-29(23-31)38-34(4,5)6/h11-15,19,21,28-29,31,38-39H,16-18,20,22-25H2,1-10H3. The minimum absolute atomic E-state index is 0.0481. The zero-order valence-electron chi connectivity index (χ0n) is 27.7. The maximum atomic E-state index is 6.27. The summed E-state index contributed by atoms with van der Waals surface area (Å²) in [6, 6.07) is 14.7. The Bertz CT molecular complexity index is 1120. The number of hydrogen-bond donors (Lipinski definition) is 2. The van der Waals surface area contributed by atoms with Gasteiger partial charge in [-0.3, -0.25) is 0 Å². The number of rotatable bonds is 11. The number of benzene rings is 1. The number of aromatic nitrogens is 1. The first-order chi connectivity index (χ1) is 19.0. The van der Waals surface area contributed by atoms with Gasteiger partial charge < -0.3 is 20.3 Å². The second-order valence-electron chi connectivity index (χ2n) is 16.4. The minimum atomic E-state index is 0.0481. The molecule has 228 valence electrons. The lowest BCUT2D eigenvalue weighted by Crippen LogP contribution is -2.53. The smallest absolute Gasteiger partial charge is 0.213 e. The molecule has 2 N–H and O–H groups in total. The highest BCUT2D eigenvalue weighted by molar-refractivity contribution is 5.49. The molecule has 2 aliphatic rings. The Morgan fingerprint density at radius 3 is 2.17 bits per heavy atom. The molecule has 1 unspecified atom stereocenters. The summed E-state index contributed by atoms with van der Waals surface area (Å²) in [5.74, 6) is 0.768. The van der Waals surface area contributed by atoms with E-state index in [1.54, 1.807) is 0 Å². The molecule has 1 aliphatic carbocycles. The van der Waals surface area contributed by atoms with Crippen LogP contribution in [-0.4, -0.2) is 47.3 Å². The quantitative estimate of drug-likeness (QED) is 0.294. The Balaban J connectivity index is 1.25. The van der Waals surface area contributed by atoms with Crippen LogP contribution in [0.4, 0.5) is 5.69 Å². The summed E-state index contributed by atoms with van der Waals surface area (Å²) in [6.45, 7) is 25.2. The van der Waals surface area contributed by atoms with Crippen molar-refractivity contribution in [3.63, 3.8) is 0 Å². The molecule has 2 heterocycles. The molecular weight excluding hydrogens is 504 g/mol. The van der Waals surface area contributed by atoms with E-state index in [0.29, 0.717) is 17.5 Å². The molecule has 0 bridgehead atoms. The van der Waals surface area contributed by atoms with Gasteiger partial charge in [0.2, 0.25) is 5.88 Å². The Kier molecular flexibility index (Phi) is 9.50. The first-order valence-corrected chi connectivity index (χ1v) is 16.0. The Hall–Kier alpha value is -2.11. The van der Waals surface area contributed by atoms with E-state index in [1.165, 1.54) is 23.2 Å². The second kappa shape index (κ2) is 12.2. The number of anilines is 1. The zero-order chi connectivity index (χ0) is 30.1. The van der Waals surface area contributed by atoms with E-state index in [1.807, 2.05) is 6.20 Å². The summed E-state index contributed by atoms with van der Waals surface area (Å²) in [4.78, 5) is 7.09. The first-order valence-electron chi connectivity index (χ1n) is 16.0. The predicted molar refractivity (Wildman–Crippen MR) is 174 cm³/mol. The molecule has 1 aromatic heterocycles. The van der Waals surface area contributed by atoms with E-state index >= 15 is 0 Å². The molecular formula is C36H58N4O. The van der Waals surface area contributed by atoms with Crippen molar-refractivity contribution >= 4 is 5.69 Å². The van der Waals surface area contributed by atoms with Crippen LogP contribution >= 0.6 is 0 Å². The van der Waals surface area contributed by atoms with Crippen LogP contribution in [-0.2, 0) is 11.8 Å². The lowest BCUT2D eigenvalue weighted by atomic mass is 9.78. The van der Waals surface area contributed by atoms with Crippen molar-refractivity contribution in [2.75, 3.05) is 18.0 Å². The summed E-state index contributed by atoms with van der Waals surface area (Å²) in [7, 11) is 0. The number of nitrogens with zero attached hydrogens (tertiary/aromatic N) is 2. The van der Waals surface area contributed by atoms with Crippen molar-refractivity contribution in [2.24, 2.45) is 5.41 Å². The normalized spacial score (nSPS) is 22.1. The summed E-state index contributed by atoms with van der Waals surface area (Å²) >= 11 is 0. The molecule has 1 atom stereocenters. The van der Waals surface area contributed by atoms with Gasteiger partial charge in [0.25, 0.3) is 0 Å². The van der Waals surface area contributed by atoms with Crippen molar-refractivity contribution in [1.29, 1.82) is 0 Å². The molecule has 0 amide bonds. The monoisotopic (exact) mass is 562 g/mol. The minimum Gasteiger partial charge on any atom is -0.474 e. The molecule has 1 aliphatic heterocycles. The average molecular weight is 563 g/mol. The van der Waals surface area contributed by atoms with Crippen LogP contribution in [0.25, 0.3) is 0 Å². The largest absolute Gasteiger partial charge is 0.474 e. The van der Waals surface area contributed by atoms with Crippen molar-refractivity contribution < 1.29 is 4.74 Å². The van der Waals surface area contributed by atoms with Crippen LogP contribution in [0.15, 0.2) is 42.6 Å². The van der Waals surface area contributed by atoms with Crippen LogP contribution in [0.5, 0.6) is 5.88 Å². The number of pyridine rings is 1. The fraction of sp³-hybridized carbons (Fsp3) is 0.694. The van der Waals surface area contributed by atoms with E-state index < -0.39 is 0 Å². The van der Waals surface area contributed by atoms with Crippen LogP contribution in [0.2, 0.25) is 0 Å². The highest BCUT2D eigenvalue weighted by atomic mass is 16.5. The van der Waals surface area contributed by atoms with E-state index in [9.17, 15) is 0 Å². The van der Waals surface area contributed by atoms with E-state index in [4.69, 9.17) is 4.74 Å². The van der Waals surface area contributed by atoms with Crippen LogP contribution in [0, 0.1) is 5.41 Å². The molecule has 2 fully saturated rings. The average Bonchev–Trinajstić information content (AvgIpc) is 3.28. The van der Waals surface area contributed by atoms with Gasteiger partial charge >= 0.3 is 0 Å². The van der Waals surface area contributed by atoms with Crippen molar-refractivity contribution in [3.8, 4) is 5.88 Å². The van der Waals surface area contributed by atoms with Crippen LogP contribution in [0.1, 0.15) is 112 Å². The Morgan fingerprint density at radius 1 is 0.854 bits per heavy atom. The molecule has 0 spiro atoms. The maximum Gasteiger partial charge on any atom is 0.213 e. The third kappa shape index (κ3) is 9.71. The number of nitrogens with one attached hydrogen (secondary N) is 2. The van der Waals surface area contributed by atoms with E-state index in [2.05, 4.69) is 126 Å². The van der Waals surface area contributed by atoms with E-state index in [-0.39, 0.29) is 22.6 Å². The summed E-state index contributed by atoms with van der Waals surface area (Å²) in [6.07, 6.45) is 8.79. The second-order valence-corrected chi connectivity index (χ2v) is 16.4. The van der Waals surface area contributed by atoms with Gasteiger partial charge in [0.05, 0.1) is 0 Å². The molecule has 5 heteroatoms. The van der Waals surface area contributed by atoms with Crippen molar-refractivity contribution in [2.45, 2.75) is 142 Å².